The van der Waals surface area contributed by atoms with Gasteiger partial charge in [-0.3, -0.25) is 9.78 Å². The summed E-state index contributed by atoms with van der Waals surface area (Å²) < 4.78 is 17.1. The van der Waals surface area contributed by atoms with E-state index >= 15 is 0 Å². The van der Waals surface area contributed by atoms with E-state index in [2.05, 4.69) is 87.9 Å². The second-order valence-corrected chi connectivity index (χ2v) is 17.3. The van der Waals surface area contributed by atoms with Crippen LogP contribution in [0, 0.1) is 28.7 Å². The van der Waals surface area contributed by atoms with Crippen LogP contribution in [0.5, 0.6) is 0 Å². The molecule has 0 aliphatic heterocycles. The number of aliphatic hydroxyl groups excluding tert-OH is 1. The van der Waals surface area contributed by atoms with E-state index < -0.39 is 0 Å². The first-order valence-corrected chi connectivity index (χ1v) is 19.4. The van der Waals surface area contributed by atoms with Gasteiger partial charge in [0.25, 0.3) is 0 Å². The summed E-state index contributed by atoms with van der Waals surface area (Å²) in [4.78, 5) is 21.0. The number of hydrogen-bond acceptors (Lipinski definition) is 6. The molecule has 5 nitrogen and oxygen atoms in total. The van der Waals surface area contributed by atoms with E-state index in [1.54, 1.807) is 17.7 Å². The zero-order chi connectivity index (χ0) is 38.0. The Kier molecular flexibility index (Phi) is 13.2. The molecule has 3 heterocycles. The fraction of sp³-hybridized carbons (Fsp3) is 0.444. The van der Waals surface area contributed by atoms with Gasteiger partial charge in [0.2, 0.25) is 0 Å². The van der Waals surface area contributed by atoms with Crippen LogP contribution in [0.1, 0.15) is 107 Å². The Labute approximate surface area is 329 Å². The summed E-state index contributed by atoms with van der Waals surface area (Å²) in [5.41, 5.74) is 7.10. The minimum Gasteiger partial charge on any atom is -0.512 e. The SMILES string of the molecule is CCC(CC)C(=O)/C=C(\O)C(CC)CC.[2H]c1cc(-c2ncnc3c2sc2c4cc(CC(C)(C)C)ccc4oc32)[c-]c2cc(CC(C)(C)C)ccc12.[Ir]. The molecule has 52 heavy (non-hydrogen) atoms. The van der Waals surface area contributed by atoms with Crippen LogP contribution in [0.4, 0.5) is 0 Å². The maximum atomic E-state index is 11.7. The predicted molar refractivity (Wildman–Crippen MR) is 217 cm³/mol. The number of thiophene rings is 1. The number of carbonyl (C=O) groups is 1. The van der Waals surface area contributed by atoms with Crippen LogP contribution in [0.25, 0.3) is 53.5 Å². The molecule has 6 aromatic rings. The standard InChI is InChI=1S/C32H31N2OS.C13H24O2.Ir/c1-31(2,3)16-19-7-9-21-10-11-22(15-23(21)13-19)26-30-27(34-18-33-26)28-29(36-30)24-14-20(17-32(4,5)6)8-12-25(24)35-28;1-5-10(6-2)12(14)9-13(15)11(7-3)8-4;/h7-14,18H,16-17H2,1-6H3;9-11,14H,5-8H2,1-4H3;/q-1;;/b;12-9-;/i10D;;. The number of aromatic nitrogens is 2. The van der Waals surface area contributed by atoms with Gasteiger partial charge in [-0.05, 0) is 67.1 Å². The summed E-state index contributed by atoms with van der Waals surface area (Å²) in [7, 11) is 0. The molecule has 0 unspecified atom stereocenters. The fourth-order valence-electron chi connectivity index (χ4n) is 6.81. The van der Waals surface area contributed by atoms with E-state index in [0.717, 1.165) is 92.0 Å². The number of hydrogen-bond donors (Lipinski definition) is 1. The van der Waals surface area contributed by atoms with Gasteiger partial charge in [-0.2, -0.15) is 0 Å². The van der Waals surface area contributed by atoms with Gasteiger partial charge in [-0.1, -0.05) is 104 Å². The number of carbonyl (C=O) groups excluding carboxylic acids is 1. The van der Waals surface area contributed by atoms with E-state index in [9.17, 15) is 9.90 Å². The maximum Gasteiger partial charge on any atom is 0.171 e. The molecule has 0 bridgehead atoms. The molecule has 0 aliphatic rings. The first-order chi connectivity index (χ1) is 24.5. The van der Waals surface area contributed by atoms with Crippen LogP contribution in [0.3, 0.4) is 0 Å². The maximum absolute atomic E-state index is 11.7. The van der Waals surface area contributed by atoms with Gasteiger partial charge in [0, 0.05) is 50.5 Å². The van der Waals surface area contributed by atoms with Crippen molar-refractivity contribution < 1.29 is 35.8 Å². The number of rotatable bonds is 10. The number of aliphatic hydroxyl groups is 1. The summed E-state index contributed by atoms with van der Waals surface area (Å²) in [6.45, 7) is 21.6. The molecule has 0 spiro atoms. The van der Waals surface area contributed by atoms with Crippen molar-refractivity contribution in [1.82, 2.24) is 9.97 Å². The quantitative estimate of drug-likeness (QED) is 0.0842. The first kappa shape index (κ1) is 39.8. The number of allylic oxidation sites excluding steroid dienone is 2. The van der Waals surface area contributed by atoms with Crippen molar-refractivity contribution in [1.29, 1.82) is 0 Å². The summed E-state index contributed by atoms with van der Waals surface area (Å²) in [6.07, 6.45) is 8.47. The summed E-state index contributed by atoms with van der Waals surface area (Å²) in [5.74, 6) is 0.547. The molecule has 0 amide bonds. The second kappa shape index (κ2) is 17.2. The average molecular weight is 897 g/mol. The van der Waals surface area contributed by atoms with Gasteiger partial charge >= 0.3 is 0 Å². The van der Waals surface area contributed by atoms with Crippen molar-refractivity contribution in [3.8, 4) is 11.3 Å². The molecule has 6 rings (SSSR count). The fourth-order valence-corrected chi connectivity index (χ4v) is 8.01. The normalized spacial score (nSPS) is 12.8. The van der Waals surface area contributed by atoms with Crippen LogP contribution in [-0.4, -0.2) is 20.9 Å². The van der Waals surface area contributed by atoms with E-state index in [4.69, 9.17) is 5.79 Å². The molecule has 0 saturated carbocycles. The Morgan fingerprint density at radius 2 is 1.50 bits per heavy atom. The molecule has 0 atom stereocenters. The van der Waals surface area contributed by atoms with Gasteiger partial charge in [0.05, 0.1) is 15.2 Å². The third kappa shape index (κ3) is 9.78. The monoisotopic (exact) mass is 897 g/mol. The third-order valence-electron chi connectivity index (χ3n) is 9.46. The number of benzene rings is 3. The van der Waals surface area contributed by atoms with Crippen molar-refractivity contribution >= 4 is 59.4 Å². The largest absolute Gasteiger partial charge is 0.512 e. The predicted octanol–water partition coefficient (Wildman–Crippen LogP) is 13.3. The second-order valence-electron chi connectivity index (χ2n) is 16.3. The molecule has 7 heteroatoms. The minimum absolute atomic E-state index is 0. The van der Waals surface area contributed by atoms with Crippen molar-refractivity contribution in [2.75, 3.05) is 0 Å². The van der Waals surface area contributed by atoms with E-state index in [1.807, 2.05) is 39.8 Å². The van der Waals surface area contributed by atoms with Crippen molar-refractivity contribution in [3.63, 3.8) is 0 Å². The van der Waals surface area contributed by atoms with Crippen molar-refractivity contribution in [3.05, 3.63) is 83.9 Å². The number of furan rings is 1. The summed E-state index contributed by atoms with van der Waals surface area (Å²) in [6, 6.07) is 18.8. The van der Waals surface area contributed by atoms with Gasteiger partial charge < -0.3 is 9.52 Å². The van der Waals surface area contributed by atoms with Crippen LogP contribution < -0.4 is 0 Å². The Hall–Kier alpha value is -3.38. The van der Waals surface area contributed by atoms with E-state index in [0.29, 0.717) is 6.04 Å². The Morgan fingerprint density at radius 3 is 2.12 bits per heavy atom. The molecule has 1 radical (unpaired) electrons. The molecule has 1 N–H and O–H groups in total. The van der Waals surface area contributed by atoms with Gasteiger partial charge in [-0.15, -0.1) is 41.0 Å². The van der Waals surface area contributed by atoms with Crippen LogP contribution >= 0.6 is 11.3 Å². The Bertz CT molecular complexity index is 2230. The van der Waals surface area contributed by atoms with E-state index in [1.165, 1.54) is 17.2 Å². The molecular weight excluding hydrogens is 841 g/mol. The zero-order valence-corrected chi connectivity index (χ0v) is 35.7. The van der Waals surface area contributed by atoms with Crippen LogP contribution in [0.15, 0.2) is 71.1 Å². The van der Waals surface area contributed by atoms with Gasteiger partial charge in [-0.25, -0.2) is 4.98 Å². The van der Waals surface area contributed by atoms with Crippen molar-refractivity contribution in [2.24, 2.45) is 22.7 Å². The average Bonchev–Trinajstić information content (AvgIpc) is 3.61. The smallest absolute Gasteiger partial charge is 0.171 e. The first-order valence-electron chi connectivity index (χ1n) is 19.0. The number of ketones is 1. The Balaban J connectivity index is 0.000000335. The molecule has 3 aromatic heterocycles. The van der Waals surface area contributed by atoms with Gasteiger partial charge in [0.15, 0.2) is 11.4 Å². The number of nitrogens with zero attached hydrogens (tertiary/aromatic N) is 2. The summed E-state index contributed by atoms with van der Waals surface area (Å²) in [5, 5.41) is 12.7. The third-order valence-corrected chi connectivity index (χ3v) is 10.7. The molecule has 0 fully saturated rings. The van der Waals surface area contributed by atoms with Crippen LogP contribution in [0.2, 0.25) is 0 Å². The topological polar surface area (TPSA) is 76.2 Å². The van der Waals surface area contributed by atoms with Crippen molar-refractivity contribution in [2.45, 2.75) is 108 Å². The molecule has 0 saturated heterocycles. The van der Waals surface area contributed by atoms with E-state index in [-0.39, 0.29) is 54.3 Å². The minimum atomic E-state index is 0. The molecule has 279 valence electrons. The zero-order valence-electron chi connectivity index (χ0n) is 33.5. The van der Waals surface area contributed by atoms with Gasteiger partial charge in [0.1, 0.15) is 17.4 Å². The molecular formula is C45H55IrN2O3S-. The Morgan fingerprint density at radius 1 is 0.885 bits per heavy atom. The number of fused-ring (bicyclic) bond motifs is 6. The van der Waals surface area contributed by atoms with Crippen LogP contribution in [-0.2, 0) is 37.7 Å². The molecule has 3 aromatic carbocycles. The molecule has 0 aliphatic carbocycles. The summed E-state index contributed by atoms with van der Waals surface area (Å²) >= 11 is 1.67.